The Morgan fingerprint density at radius 3 is 2.59 bits per heavy atom. The van der Waals surface area contributed by atoms with Gasteiger partial charge in [-0.25, -0.2) is 4.39 Å². The maximum absolute atomic E-state index is 13.7. The molecule has 90 valence electrons. The van der Waals surface area contributed by atoms with E-state index in [1.165, 1.54) is 11.0 Å². The van der Waals surface area contributed by atoms with E-state index in [2.05, 4.69) is 15.9 Å². The number of Topliss-reactive ketones (excluding diaryl/α,β-unsaturated/α-hetero) is 1. The highest BCUT2D eigenvalue weighted by Crippen LogP contribution is 2.20. The van der Waals surface area contributed by atoms with E-state index in [-0.39, 0.29) is 21.7 Å². The molecule has 0 unspecified atom stereocenters. The number of halogens is 2. The number of hydrogen-bond donors (Lipinski definition) is 0. The van der Waals surface area contributed by atoms with Crippen molar-refractivity contribution in [3.8, 4) is 0 Å². The summed E-state index contributed by atoms with van der Waals surface area (Å²) in [7, 11) is 0. The molecule has 0 saturated carbocycles. The standard InChI is InChI=1S/C12H11BrFNO2/c13-10-3-1-2-9(11(10)14)12(17)15-6-4-8(16)5-7-15/h1-3H,4-7H2. The Balaban J connectivity index is 2.20. The fourth-order valence-corrected chi connectivity index (χ4v) is 2.16. The van der Waals surface area contributed by atoms with Gasteiger partial charge >= 0.3 is 0 Å². The van der Waals surface area contributed by atoms with Gasteiger partial charge in [-0.15, -0.1) is 0 Å². The maximum Gasteiger partial charge on any atom is 0.256 e. The number of hydrogen-bond acceptors (Lipinski definition) is 2. The number of piperidine rings is 1. The summed E-state index contributed by atoms with van der Waals surface area (Å²) in [6.07, 6.45) is 0.725. The predicted octanol–water partition coefficient (Wildman–Crippen LogP) is 2.39. The van der Waals surface area contributed by atoms with Crippen LogP contribution in [0, 0.1) is 5.82 Å². The second kappa shape index (κ2) is 4.96. The maximum atomic E-state index is 13.7. The zero-order chi connectivity index (χ0) is 12.4. The number of nitrogens with zero attached hydrogens (tertiary/aromatic N) is 1. The molecule has 1 heterocycles. The molecule has 1 aliphatic rings. The Morgan fingerprint density at radius 1 is 1.29 bits per heavy atom. The van der Waals surface area contributed by atoms with Crippen molar-refractivity contribution in [1.29, 1.82) is 0 Å². The van der Waals surface area contributed by atoms with Gasteiger partial charge in [-0.1, -0.05) is 6.07 Å². The van der Waals surface area contributed by atoms with Gasteiger partial charge in [0.05, 0.1) is 10.0 Å². The van der Waals surface area contributed by atoms with E-state index in [0.717, 1.165) is 0 Å². The summed E-state index contributed by atoms with van der Waals surface area (Å²) in [6, 6.07) is 4.63. The van der Waals surface area contributed by atoms with Crippen molar-refractivity contribution in [1.82, 2.24) is 4.90 Å². The molecule has 0 bridgehead atoms. The molecule has 1 saturated heterocycles. The summed E-state index contributed by atoms with van der Waals surface area (Å²) >= 11 is 3.05. The van der Waals surface area contributed by atoms with Crippen LogP contribution in [0.4, 0.5) is 4.39 Å². The minimum absolute atomic E-state index is 0.0497. The molecule has 1 aromatic carbocycles. The van der Waals surface area contributed by atoms with Crippen molar-refractivity contribution in [3.05, 3.63) is 34.1 Å². The number of amides is 1. The van der Waals surface area contributed by atoms with Crippen molar-refractivity contribution in [2.45, 2.75) is 12.8 Å². The van der Waals surface area contributed by atoms with Gasteiger partial charge in [0, 0.05) is 25.9 Å². The fraction of sp³-hybridized carbons (Fsp3) is 0.333. The third kappa shape index (κ3) is 2.54. The molecule has 5 heteroatoms. The van der Waals surface area contributed by atoms with Gasteiger partial charge in [-0.3, -0.25) is 9.59 Å². The minimum Gasteiger partial charge on any atom is -0.338 e. The second-order valence-electron chi connectivity index (χ2n) is 3.93. The van der Waals surface area contributed by atoms with Gasteiger partial charge in [0.25, 0.3) is 5.91 Å². The quantitative estimate of drug-likeness (QED) is 0.798. The van der Waals surface area contributed by atoms with Crippen molar-refractivity contribution in [2.24, 2.45) is 0 Å². The molecular formula is C12H11BrFNO2. The van der Waals surface area contributed by atoms with Gasteiger partial charge in [0.1, 0.15) is 11.6 Å². The first kappa shape index (κ1) is 12.2. The summed E-state index contributed by atoms with van der Waals surface area (Å²) < 4.78 is 14.0. The van der Waals surface area contributed by atoms with Gasteiger partial charge in [0.2, 0.25) is 0 Å². The Bertz CT molecular complexity index is 466. The number of carbonyl (C=O) groups is 2. The van der Waals surface area contributed by atoms with Crippen LogP contribution >= 0.6 is 15.9 Å². The molecule has 0 aromatic heterocycles. The van der Waals surface area contributed by atoms with Crippen LogP contribution in [0.1, 0.15) is 23.2 Å². The lowest BCUT2D eigenvalue weighted by atomic mass is 10.1. The van der Waals surface area contributed by atoms with E-state index in [4.69, 9.17) is 0 Å². The first-order valence-electron chi connectivity index (χ1n) is 5.34. The molecule has 0 radical (unpaired) electrons. The molecule has 3 nitrogen and oxygen atoms in total. The summed E-state index contributed by atoms with van der Waals surface area (Å²) in [5.41, 5.74) is 0.0497. The van der Waals surface area contributed by atoms with E-state index in [1.54, 1.807) is 12.1 Å². The van der Waals surface area contributed by atoms with Crippen LogP contribution in [-0.4, -0.2) is 29.7 Å². The van der Waals surface area contributed by atoms with Crippen LogP contribution in [0.25, 0.3) is 0 Å². The number of carbonyl (C=O) groups excluding carboxylic acids is 2. The largest absolute Gasteiger partial charge is 0.338 e. The van der Waals surface area contributed by atoms with Gasteiger partial charge < -0.3 is 4.90 Å². The fourth-order valence-electron chi connectivity index (χ4n) is 1.80. The zero-order valence-electron chi connectivity index (χ0n) is 9.08. The lowest BCUT2D eigenvalue weighted by molar-refractivity contribution is -0.120. The monoisotopic (exact) mass is 299 g/mol. The van der Waals surface area contributed by atoms with E-state index in [9.17, 15) is 14.0 Å². The third-order valence-corrected chi connectivity index (χ3v) is 3.40. The van der Waals surface area contributed by atoms with E-state index >= 15 is 0 Å². The number of rotatable bonds is 1. The Kier molecular flexibility index (Phi) is 3.57. The van der Waals surface area contributed by atoms with E-state index < -0.39 is 5.82 Å². The number of ketones is 1. The highest BCUT2D eigenvalue weighted by molar-refractivity contribution is 9.10. The highest BCUT2D eigenvalue weighted by Gasteiger charge is 2.24. The lowest BCUT2D eigenvalue weighted by Crippen LogP contribution is -2.39. The number of likely N-dealkylation sites (tertiary alicyclic amines) is 1. The Hall–Kier alpha value is -1.23. The first-order chi connectivity index (χ1) is 8.09. The molecule has 2 rings (SSSR count). The van der Waals surface area contributed by atoms with Crippen LogP contribution in [0.2, 0.25) is 0 Å². The minimum atomic E-state index is -0.547. The molecule has 0 N–H and O–H groups in total. The summed E-state index contributed by atoms with van der Waals surface area (Å²) in [4.78, 5) is 24.6. The SMILES string of the molecule is O=C1CCN(C(=O)c2cccc(Br)c2F)CC1. The zero-order valence-corrected chi connectivity index (χ0v) is 10.7. The van der Waals surface area contributed by atoms with Crippen LogP contribution in [-0.2, 0) is 4.79 Å². The molecule has 1 fully saturated rings. The first-order valence-corrected chi connectivity index (χ1v) is 6.14. The van der Waals surface area contributed by atoms with Crippen LogP contribution in [0.3, 0.4) is 0 Å². The molecular weight excluding hydrogens is 289 g/mol. The van der Waals surface area contributed by atoms with E-state index in [1.807, 2.05) is 0 Å². The van der Waals surface area contributed by atoms with E-state index in [0.29, 0.717) is 25.9 Å². The lowest BCUT2D eigenvalue weighted by Gasteiger charge is -2.26. The highest BCUT2D eigenvalue weighted by atomic mass is 79.9. The Labute approximate surface area is 107 Å². The third-order valence-electron chi connectivity index (χ3n) is 2.79. The summed E-state index contributed by atoms with van der Waals surface area (Å²) in [5, 5.41) is 0. The number of benzene rings is 1. The van der Waals surface area contributed by atoms with Crippen molar-refractivity contribution >= 4 is 27.6 Å². The Morgan fingerprint density at radius 2 is 1.94 bits per heavy atom. The smallest absolute Gasteiger partial charge is 0.256 e. The van der Waals surface area contributed by atoms with Gasteiger partial charge in [-0.05, 0) is 28.1 Å². The molecule has 1 aliphatic heterocycles. The van der Waals surface area contributed by atoms with Crippen molar-refractivity contribution in [3.63, 3.8) is 0 Å². The van der Waals surface area contributed by atoms with Crippen LogP contribution < -0.4 is 0 Å². The van der Waals surface area contributed by atoms with Crippen LogP contribution in [0.15, 0.2) is 22.7 Å². The topological polar surface area (TPSA) is 37.4 Å². The predicted molar refractivity (Wildman–Crippen MR) is 64.2 cm³/mol. The summed E-state index contributed by atoms with van der Waals surface area (Å²) in [6.45, 7) is 0.757. The average molecular weight is 300 g/mol. The van der Waals surface area contributed by atoms with Gasteiger partial charge in [0.15, 0.2) is 0 Å². The normalized spacial score (nSPS) is 16.1. The molecule has 0 spiro atoms. The molecule has 0 atom stereocenters. The second-order valence-corrected chi connectivity index (χ2v) is 4.79. The van der Waals surface area contributed by atoms with Crippen LogP contribution in [0.5, 0.6) is 0 Å². The molecule has 0 aliphatic carbocycles. The van der Waals surface area contributed by atoms with Crippen molar-refractivity contribution in [2.75, 3.05) is 13.1 Å². The molecule has 17 heavy (non-hydrogen) atoms. The molecule has 1 amide bonds. The molecule has 1 aromatic rings. The average Bonchev–Trinajstić information content (AvgIpc) is 2.33. The van der Waals surface area contributed by atoms with Crippen molar-refractivity contribution < 1.29 is 14.0 Å². The summed E-state index contributed by atoms with van der Waals surface area (Å²) in [5.74, 6) is -0.741. The van der Waals surface area contributed by atoms with Gasteiger partial charge in [-0.2, -0.15) is 0 Å².